The minimum Gasteiger partial charge on any atom is -0.497 e. The average molecular weight is 411 g/mol. The largest absolute Gasteiger partial charge is 0.497 e. The number of anilines is 1. The van der Waals surface area contributed by atoms with Crippen molar-refractivity contribution in [1.29, 1.82) is 0 Å². The molecule has 6 heteroatoms. The highest BCUT2D eigenvalue weighted by atomic mass is 32.1. The Labute approximate surface area is 177 Å². The van der Waals surface area contributed by atoms with Crippen molar-refractivity contribution in [3.63, 3.8) is 0 Å². The maximum absolute atomic E-state index is 5.31. The molecule has 0 radical (unpaired) electrons. The normalized spacial score (nSPS) is 15.2. The predicted octanol–water partition coefficient (Wildman–Crippen LogP) is 4.99. The summed E-state index contributed by atoms with van der Waals surface area (Å²) < 4.78 is 5.31. The topological polar surface area (TPSA) is 50.3 Å². The van der Waals surface area contributed by atoms with Gasteiger partial charge in [0.25, 0.3) is 0 Å². The predicted molar refractivity (Wildman–Crippen MR) is 121 cm³/mol. The Morgan fingerprint density at radius 1 is 1.10 bits per heavy atom. The van der Waals surface area contributed by atoms with E-state index in [1.807, 2.05) is 30.4 Å². The Morgan fingerprint density at radius 2 is 1.86 bits per heavy atom. The fourth-order valence-corrected chi connectivity index (χ4v) is 5.49. The summed E-state index contributed by atoms with van der Waals surface area (Å²) in [5.41, 5.74) is 2.74. The van der Waals surface area contributed by atoms with Gasteiger partial charge in [-0.05, 0) is 70.0 Å². The third kappa shape index (κ3) is 4.23. The maximum Gasteiger partial charge on any atom is 0.138 e. The second kappa shape index (κ2) is 8.67. The molecule has 1 aliphatic carbocycles. The lowest BCUT2D eigenvalue weighted by Crippen LogP contribution is -2.27. The van der Waals surface area contributed by atoms with Gasteiger partial charge in [0.1, 0.15) is 22.2 Å². The molecule has 0 amide bonds. The van der Waals surface area contributed by atoms with Gasteiger partial charge in [0.15, 0.2) is 0 Å². The van der Waals surface area contributed by atoms with Gasteiger partial charge in [-0.1, -0.05) is 18.6 Å². The molecule has 1 aliphatic rings. The average Bonchev–Trinajstić information content (AvgIpc) is 2.89. The van der Waals surface area contributed by atoms with Crippen molar-refractivity contribution in [1.82, 2.24) is 14.9 Å². The van der Waals surface area contributed by atoms with E-state index in [2.05, 4.69) is 36.4 Å². The van der Waals surface area contributed by atoms with Crippen LogP contribution >= 0.6 is 11.3 Å². The number of hydrogen-bond donors (Lipinski definition) is 1. The van der Waals surface area contributed by atoms with E-state index in [0.717, 1.165) is 35.2 Å². The number of aryl methyl sites for hydroxylation is 3. The van der Waals surface area contributed by atoms with Gasteiger partial charge in [-0.3, -0.25) is 0 Å². The molecule has 1 aromatic carbocycles. The standard InChI is InChI=1S/C23H30N4OS/c1-15-25-22(21-18-8-6-5-7-9-20(18)29-23(21)26-15)24-14-19(27(2)3)16-10-12-17(28-4)13-11-16/h10-13,19H,5-9,14H2,1-4H3,(H,24,25,26). The van der Waals surface area contributed by atoms with E-state index in [9.17, 15) is 0 Å². The monoisotopic (exact) mass is 410 g/mol. The lowest BCUT2D eigenvalue weighted by molar-refractivity contribution is 0.311. The van der Waals surface area contributed by atoms with E-state index in [0.29, 0.717) is 0 Å². The summed E-state index contributed by atoms with van der Waals surface area (Å²) in [5, 5.41) is 4.93. The SMILES string of the molecule is COc1ccc(C(CNc2nc(C)nc3sc4c(c23)CCCCC4)N(C)C)cc1. The molecule has 1 N–H and O–H groups in total. The van der Waals surface area contributed by atoms with Gasteiger partial charge >= 0.3 is 0 Å². The number of hydrogen-bond acceptors (Lipinski definition) is 6. The highest BCUT2D eigenvalue weighted by molar-refractivity contribution is 7.19. The van der Waals surface area contributed by atoms with Crippen LogP contribution in [-0.2, 0) is 12.8 Å². The lowest BCUT2D eigenvalue weighted by atomic mass is 10.1. The van der Waals surface area contributed by atoms with E-state index in [-0.39, 0.29) is 6.04 Å². The number of thiophene rings is 1. The smallest absolute Gasteiger partial charge is 0.138 e. The fourth-order valence-electron chi connectivity index (χ4n) is 4.19. The van der Waals surface area contributed by atoms with Gasteiger partial charge in [0.05, 0.1) is 18.5 Å². The number of ether oxygens (including phenoxy) is 1. The van der Waals surface area contributed by atoms with Crippen LogP contribution in [0.15, 0.2) is 24.3 Å². The summed E-state index contributed by atoms with van der Waals surface area (Å²) in [7, 11) is 5.94. The first-order valence-electron chi connectivity index (χ1n) is 10.4. The van der Waals surface area contributed by atoms with Crippen molar-refractivity contribution in [3.05, 3.63) is 46.1 Å². The van der Waals surface area contributed by atoms with Crippen LogP contribution in [0.3, 0.4) is 0 Å². The third-order valence-corrected chi connectivity index (χ3v) is 6.95. The van der Waals surface area contributed by atoms with Gasteiger partial charge < -0.3 is 15.0 Å². The van der Waals surface area contributed by atoms with E-state index in [1.165, 1.54) is 47.1 Å². The quantitative estimate of drug-likeness (QED) is 0.580. The molecule has 2 aromatic heterocycles. The molecule has 0 spiro atoms. The van der Waals surface area contributed by atoms with Crippen LogP contribution in [0, 0.1) is 6.92 Å². The van der Waals surface area contributed by atoms with E-state index in [1.54, 1.807) is 7.11 Å². The van der Waals surface area contributed by atoms with Crippen LogP contribution < -0.4 is 10.1 Å². The molecule has 0 fully saturated rings. The molecule has 0 saturated heterocycles. The van der Waals surface area contributed by atoms with Gasteiger partial charge in [0, 0.05) is 11.4 Å². The van der Waals surface area contributed by atoms with Crippen molar-refractivity contribution >= 4 is 27.4 Å². The van der Waals surface area contributed by atoms with Crippen molar-refractivity contribution in [2.24, 2.45) is 0 Å². The number of aromatic nitrogens is 2. The zero-order chi connectivity index (χ0) is 20.4. The number of methoxy groups -OCH3 is 1. The summed E-state index contributed by atoms with van der Waals surface area (Å²) in [6, 6.07) is 8.57. The Balaban J connectivity index is 1.64. The molecule has 1 unspecified atom stereocenters. The minimum atomic E-state index is 0.239. The van der Waals surface area contributed by atoms with E-state index < -0.39 is 0 Å². The molecule has 0 aliphatic heterocycles. The zero-order valence-electron chi connectivity index (χ0n) is 17.8. The molecule has 2 heterocycles. The Morgan fingerprint density at radius 3 is 2.59 bits per heavy atom. The Hall–Kier alpha value is -2.18. The summed E-state index contributed by atoms with van der Waals surface area (Å²) >= 11 is 1.87. The highest BCUT2D eigenvalue weighted by Gasteiger charge is 2.21. The molecule has 3 aromatic rings. The number of benzene rings is 1. The molecule has 5 nitrogen and oxygen atoms in total. The van der Waals surface area contributed by atoms with Crippen LogP contribution in [0.5, 0.6) is 5.75 Å². The molecule has 29 heavy (non-hydrogen) atoms. The summed E-state index contributed by atoms with van der Waals surface area (Å²) in [5.74, 6) is 2.71. The van der Waals surface area contributed by atoms with Gasteiger partial charge in [-0.25, -0.2) is 9.97 Å². The number of rotatable bonds is 6. The first-order valence-corrected chi connectivity index (χ1v) is 11.2. The summed E-state index contributed by atoms with van der Waals surface area (Å²) in [6.07, 6.45) is 6.19. The van der Waals surface area contributed by atoms with Crippen LogP contribution in [-0.4, -0.2) is 42.6 Å². The number of nitrogens with zero attached hydrogens (tertiary/aromatic N) is 3. The first kappa shape index (κ1) is 20.1. The third-order valence-electron chi connectivity index (χ3n) is 5.76. The molecule has 0 bridgehead atoms. The van der Waals surface area contributed by atoms with Gasteiger partial charge in [-0.2, -0.15) is 0 Å². The molecular weight excluding hydrogens is 380 g/mol. The number of fused-ring (bicyclic) bond motifs is 3. The zero-order valence-corrected chi connectivity index (χ0v) is 18.6. The minimum absolute atomic E-state index is 0.239. The summed E-state index contributed by atoms with van der Waals surface area (Å²) in [4.78, 5) is 14.5. The van der Waals surface area contributed by atoms with Crippen molar-refractivity contribution in [3.8, 4) is 5.75 Å². The van der Waals surface area contributed by atoms with Crippen LogP contribution in [0.4, 0.5) is 5.82 Å². The second-order valence-corrected chi connectivity index (χ2v) is 9.08. The van der Waals surface area contributed by atoms with Crippen molar-refractivity contribution in [2.75, 3.05) is 33.1 Å². The van der Waals surface area contributed by atoms with E-state index in [4.69, 9.17) is 14.7 Å². The molecule has 1 atom stereocenters. The summed E-state index contributed by atoms with van der Waals surface area (Å²) in [6.45, 7) is 2.78. The Kier molecular flexibility index (Phi) is 6.01. The number of likely N-dealkylation sites (N-methyl/N-ethyl adjacent to an activating group) is 1. The van der Waals surface area contributed by atoms with E-state index >= 15 is 0 Å². The fraction of sp³-hybridized carbons (Fsp3) is 0.478. The van der Waals surface area contributed by atoms with Crippen molar-refractivity contribution < 1.29 is 4.74 Å². The van der Waals surface area contributed by atoms with Crippen LogP contribution in [0.2, 0.25) is 0 Å². The van der Waals surface area contributed by atoms with Crippen molar-refractivity contribution in [2.45, 2.75) is 45.1 Å². The second-order valence-electron chi connectivity index (χ2n) is 8.00. The van der Waals surface area contributed by atoms with Crippen LogP contribution in [0.1, 0.15) is 47.1 Å². The molecular formula is C23H30N4OS. The van der Waals surface area contributed by atoms with Gasteiger partial charge in [-0.15, -0.1) is 11.3 Å². The molecule has 4 rings (SSSR count). The molecule has 0 saturated carbocycles. The van der Waals surface area contributed by atoms with Gasteiger partial charge in [0.2, 0.25) is 0 Å². The molecule has 154 valence electrons. The Bertz CT molecular complexity index is 981. The van der Waals surface area contributed by atoms with Crippen LogP contribution in [0.25, 0.3) is 10.2 Å². The highest BCUT2D eigenvalue weighted by Crippen LogP contribution is 2.38. The number of nitrogens with one attached hydrogen (secondary N) is 1. The first-order chi connectivity index (χ1) is 14.1. The lowest BCUT2D eigenvalue weighted by Gasteiger charge is -2.26. The maximum atomic E-state index is 5.31.